The molecule has 0 saturated carbocycles. The molecule has 0 aliphatic carbocycles. The number of hydrogen-bond donors (Lipinski definition) is 3. The lowest BCUT2D eigenvalue weighted by molar-refractivity contribution is -0.175. The minimum atomic E-state index is -2.05. The van der Waals surface area contributed by atoms with Crippen LogP contribution < -0.4 is 16.0 Å². The Bertz CT molecular complexity index is 1560. The van der Waals surface area contributed by atoms with Crippen molar-refractivity contribution < 1.29 is 33.4 Å². The molecule has 1 fully saturated rings. The summed E-state index contributed by atoms with van der Waals surface area (Å²) in [4.78, 5) is 68.6. The lowest BCUT2D eigenvalue weighted by atomic mass is 9.89. The van der Waals surface area contributed by atoms with Gasteiger partial charge in [-0.05, 0) is 69.0 Å². The van der Waals surface area contributed by atoms with Gasteiger partial charge in [-0.3, -0.25) is 9.59 Å². The summed E-state index contributed by atoms with van der Waals surface area (Å²) in [5.41, 5.74) is -1.32. The molecule has 1 aliphatic heterocycles. The molecular weight excluding hydrogens is 576 g/mol. The second kappa shape index (κ2) is 13.6. The Balaban J connectivity index is 1.69. The number of ether oxygens (including phenoxy) is 2. The highest BCUT2D eigenvalue weighted by Crippen LogP contribution is 2.48. The van der Waals surface area contributed by atoms with E-state index in [1.807, 2.05) is 37.3 Å². The zero-order chi connectivity index (χ0) is 32.8. The van der Waals surface area contributed by atoms with E-state index in [1.165, 1.54) is 24.1 Å². The van der Waals surface area contributed by atoms with Crippen LogP contribution in [-0.4, -0.2) is 59.5 Å². The van der Waals surface area contributed by atoms with Crippen LogP contribution in [0.25, 0.3) is 0 Å². The molecule has 45 heavy (non-hydrogen) atoms. The van der Waals surface area contributed by atoms with Crippen molar-refractivity contribution in [3.05, 3.63) is 96.1 Å². The van der Waals surface area contributed by atoms with Crippen LogP contribution in [0.3, 0.4) is 0 Å². The first-order valence-electron chi connectivity index (χ1n) is 14.6. The van der Waals surface area contributed by atoms with Gasteiger partial charge in [-0.1, -0.05) is 61.5 Å². The van der Waals surface area contributed by atoms with Gasteiger partial charge >= 0.3 is 18.0 Å². The number of nitrogens with one attached hydrogen (secondary N) is 3. The molecule has 0 aromatic heterocycles. The minimum absolute atomic E-state index is 0.0155. The molecule has 3 aromatic carbocycles. The Labute approximate surface area is 262 Å². The van der Waals surface area contributed by atoms with Gasteiger partial charge in [-0.25, -0.2) is 14.4 Å². The van der Waals surface area contributed by atoms with Gasteiger partial charge in [0.2, 0.25) is 11.4 Å². The van der Waals surface area contributed by atoms with Gasteiger partial charge in [0.1, 0.15) is 5.60 Å². The molecule has 1 saturated heterocycles. The Morgan fingerprint density at radius 3 is 2.11 bits per heavy atom. The number of esters is 2. The number of hydrogen-bond acceptors (Lipinski definition) is 7. The maximum absolute atomic E-state index is 14.2. The van der Waals surface area contributed by atoms with Gasteiger partial charge in [-0.2, -0.15) is 0 Å². The van der Waals surface area contributed by atoms with Crippen molar-refractivity contribution in [2.75, 3.05) is 24.3 Å². The first-order chi connectivity index (χ1) is 21.4. The molecule has 3 unspecified atom stereocenters. The number of anilines is 2. The smallest absolute Gasteiger partial charge is 0.342 e. The van der Waals surface area contributed by atoms with Crippen LogP contribution in [0.4, 0.5) is 16.2 Å². The van der Waals surface area contributed by atoms with Crippen molar-refractivity contribution in [3.63, 3.8) is 0 Å². The van der Waals surface area contributed by atoms with Crippen molar-refractivity contribution in [1.29, 1.82) is 0 Å². The van der Waals surface area contributed by atoms with Gasteiger partial charge in [-0.15, -0.1) is 0 Å². The van der Waals surface area contributed by atoms with E-state index in [0.717, 1.165) is 5.56 Å². The molecule has 3 aromatic rings. The molecule has 3 atom stereocenters. The third-order valence-corrected chi connectivity index (χ3v) is 7.34. The van der Waals surface area contributed by atoms with Crippen LogP contribution in [0.5, 0.6) is 0 Å². The van der Waals surface area contributed by atoms with Crippen molar-refractivity contribution >= 4 is 41.2 Å². The number of benzene rings is 3. The number of likely N-dealkylation sites (tertiary alicyclic amines) is 1. The normalized spacial score (nSPS) is 19.3. The van der Waals surface area contributed by atoms with Crippen LogP contribution in [0.1, 0.15) is 56.1 Å². The van der Waals surface area contributed by atoms with Gasteiger partial charge in [0.15, 0.2) is 0 Å². The number of rotatable bonds is 8. The fraction of sp³-hybridized carbons (Fsp3) is 0.324. The van der Waals surface area contributed by atoms with Crippen LogP contribution >= 0.6 is 0 Å². The average molecular weight is 615 g/mol. The molecule has 3 N–H and O–H groups in total. The van der Waals surface area contributed by atoms with Gasteiger partial charge < -0.3 is 30.3 Å². The highest BCUT2D eigenvalue weighted by atomic mass is 16.6. The van der Waals surface area contributed by atoms with E-state index in [2.05, 4.69) is 16.0 Å². The first-order valence-corrected chi connectivity index (χ1v) is 14.6. The highest BCUT2D eigenvalue weighted by Gasteiger charge is 2.63. The van der Waals surface area contributed by atoms with Crippen molar-refractivity contribution in [2.24, 2.45) is 5.92 Å². The predicted octanol–water partition coefficient (Wildman–Crippen LogP) is 4.92. The summed E-state index contributed by atoms with van der Waals surface area (Å²) in [5.74, 6) is -3.17. The molecule has 4 amide bonds. The fourth-order valence-corrected chi connectivity index (χ4v) is 5.52. The quantitative estimate of drug-likeness (QED) is 0.241. The lowest BCUT2D eigenvalue weighted by Gasteiger charge is -2.39. The molecule has 1 heterocycles. The number of carbonyl (C=O) groups is 5. The van der Waals surface area contributed by atoms with E-state index in [0.29, 0.717) is 11.4 Å². The maximum Gasteiger partial charge on any atom is 0.342 e. The molecule has 4 rings (SSSR count). The Morgan fingerprint density at radius 2 is 1.49 bits per heavy atom. The summed E-state index contributed by atoms with van der Waals surface area (Å²) in [5, 5.41) is 7.93. The van der Waals surface area contributed by atoms with Crippen LogP contribution in [0.2, 0.25) is 0 Å². The summed E-state index contributed by atoms with van der Waals surface area (Å²) >= 11 is 0. The summed E-state index contributed by atoms with van der Waals surface area (Å²) in [6, 6.07) is 22.5. The van der Waals surface area contributed by atoms with E-state index in [-0.39, 0.29) is 17.9 Å². The number of carbonyl (C=O) groups excluding carboxylic acids is 5. The molecule has 11 heteroatoms. The van der Waals surface area contributed by atoms with Gasteiger partial charge in [0, 0.05) is 11.4 Å². The molecule has 0 bridgehead atoms. The number of amides is 4. The van der Waals surface area contributed by atoms with Crippen molar-refractivity contribution in [3.8, 4) is 0 Å². The number of nitrogens with zero attached hydrogens (tertiary/aromatic N) is 1. The first kappa shape index (κ1) is 32.7. The number of methoxy groups -OCH3 is 1. The molecule has 236 valence electrons. The maximum atomic E-state index is 14.2. The largest absolute Gasteiger partial charge is 0.465 e. The summed E-state index contributed by atoms with van der Waals surface area (Å²) in [7, 11) is 1.25. The number of para-hydroxylation sites is 1. The van der Waals surface area contributed by atoms with Crippen LogP contribution in [-0.2, 0) is 23.9 Å². The van der Waals surface area contributed by atoms with Crippen molar-refractivity contribution in [2.45, 2.75) is 51.3 Å². The molecule has 0 radical (unpaired) electrons. The second-order valence-electron chi connectivity index (χ2n) is 11.9. The van der Waals surface area contributed by atoms with Crippen LogP contribution in [0.15, 0.2) is 84.9 Å². The number of urea groups is 1. The molecule has 11 nitrogen and oxygen atoms in total. The van der Waals surface area contributed by atoms with E-state index in [9.17, 15) is 24.0 Å². The second-order valence-corrected chi connectivity index (χ2v) is 11.9. The van der Waals surface area contributed by atoms with Crippen molar-refractivity contribution in [1.82, 2.24) is 10.2 Å². The third kappa shape index (κ3) is 7.49. The Morgan fingerprint density at radius 1 is 0.867 bits per heavy atom. The summed E-state index contributed by atoms with van der Waals surface area (Å²) in [6.45, 7) is 6.39. The Hall–Kier alpha value is -5.19. The third-order valence-electron chi connectivity index (χ3n) is 7.34. The predicted molar refractivity (Wildman–Crippen MR) is 168 cm³/mol. The topological polar surface area (TPSA) is 143 Å². The fourth-order valence-electron chi connectivity index (χ4n) is 5.52. The molecule has 1 aliphatic rings. The van der Waals surface area contributed by atoms with E-state index in [1.54, 1.807) is 63.2 Å². The van der Waals surface area contributed by atoms with Gasteiger partial charge in [0.05, 0.1) is 25.3 Å². The van der Waals surface area contributed by atoms with E-state index >= 15 is 0 Å². The SMILES string of the molecule is COC(=O)c1cccc(NC(=O)NCC(=O)N2C(c3ccccc3)C(C)CC2(C(=O)Nc2ccccc2)C(=O)OC(C)(C)C)c1. The summed E-state index contributed by atoms with van der Waals surface area (Å²) < 4.78 is 10.5. The lowest BCUT2D eigenvalue weighted by Crippen LogP contribution is -2.63. The average Bonchev–Trinajstić information content (AvgIpc) is 3.33. The molecule has 0 spiro atoms. The monoisotopic (exact) mass is 614 g/mol. The van der Waals surface area contributed by atoms with E-state index < -0.39 is 53.5 Å². The standard InChI is InChI=1S/C34H38N4O7/c1-22-20-34(31(42)45-33(2,3)4,30(41)36-25-16-10-7-11-17-25)38(28(22)23-13-8-6-9-14-23)27(39)21-35-32(43)37-26-18-12-15-24(19-26)29(40)44-5/h6-19,22,28H,20-21H2,1-5H3,(H,36,41)(H2,35,37,43). The molecular formula is C34H38N4O7. The zero-order valence-corrected chi connectivity index (χ0v) is 26.0. The van der Waals surface area contributed by atoms with Crippen LogP contribution in [0, 0.1) is 5.92 Å². The van der Waals surface area contributed by atoms with Gasteiger partial charge in [0.25, 0.3) is 5.91 Å². The highest BCUT2D eigenvalue weighted by molar-refractivity contribution is 6.16. The Kier molecular flexibility index (Phi) is 9.91. The minimum Gasteiger partial charge on any atom is -0.465 e. The van der Waals surface area contributed by atoms with E-state index in [4.69, 9.17) is 9.47 Å². The summed E-state index contributed by atoms with van der Waals surface area (Å²) in [6.07, 6.45) is -0.0155. The zero-order valence-electron chi connectivity index (χ0n) is 26.0.